The maximum absolute atomic E-state index is 13.9. The van der Waals surface area contributed by atoms with Gasteiger partial charge in [-0.05, 0) is 82.9 Å². The van der Waals surface area contributed by atoms with E-state index in [4.69, 9.17) is 9.47 Å². The molecule has 5 rings (SSSR count). The molecule has 2 aromatic carbocycles. The maximum atomic E-state index is 13.9. The van der Waals surface area contributed by atoms with Gasteiger partial charge in [-0.3, -0.25) is 52.9 Å². The fourth-order valence-corrected chi connectivity index (χ4v) is 8.85. The highest BCUT2D eigenvalue weighted by atomic mass is 16.5. The van der Waals surface area contributed by atoms with E-state index in [1.165, 1.54) is 6.07 Å². The summed E-state index contributed by atoms with van der Waals surface area (Å²) >= 11 is 0. The average Bonchev–Trinajstić information content (AvgIpc) is 3.76. The predicted octanol–water partition coefficient (Wildman–Crippen LogP) is 2.39. The number of likely N-dealkylation sites (tertiary alicyclic amines) is 1. The zero-order valence-electron chi connectivity index (χ0n) is 43.8. The van der Waals surface area contributed by atoms with Crippen molar-refractivity contribution in [3.05, 3.63) is 47.8 Å². The summed E-state index contributed by atoms with van der Waals surface area (Å²) in [5, 5.41) is 64.0. The lowest BCUT2D eigenvalue weighted by molar-refractivity contribution is -0.149. The van der Waals surface area contributed by atoms with Gasteiger partial charge in [-0.25, -0.2) is 0 Å². The number of benzene rings is 2. The van der Waals surface area contributed by atoms with Crippen LogP contribution >= 0.6 is 0 Å². The van der Waals surface area contributed by atoms with Gasteiger partial charge in [0.2, 0.25) is 17.6 Å². The molecule has 23 heteroatoms. The van der Waals surface area contributed by atoms with E-state index in [1.807, 2.05) is 51.3 Å². The topological polar surface area (TPSA) is 293 Å². The molecule has 3 aromatic rings. The van der Waals surface area contributed by atoms with E-state index < -0.39 is 34.8 Å². The van der Waals surface area contributed by atoms with Crippen LogP contribution in [0.3, 0.4) is 0 Å². The fraction of sp³-hybridized carbons (Fsp3) is 0.608. The van der Waals surface area contributed by atoms with Crippen molar-refractivity contribution >= 4 is 35.6 Å². The second kappa shape index (κ2) is 26.7. The SMILES string of the molecule is CCNC(=O)c1nnc(-c2cc(C(C)C)c(O)cc2O)n1-c1ccc(OC2CCN(C(=O)C(C)(C)COC(C)(C)CCNC(=O)CN3CCN(CC(=O)O)CCN(CC(=O)O)CCN(CC(=O)O)CC3)CC2)cc1. The van der Waals surface area contributed by atoms with Crippen molar-refractivity contribution in [2.75, 3.05) is 111 Å². The first kappa shape index (κ1) is 58.5. The highest BCUT2D eigenvalue weighted by Gasteiger charge is 2.37. The number of hydrogen-bond donors (Lipinski definition) is 7. The number of carboxylic acid groups (broad SMARTS) is 3. The number of piperidine rings is 1. The van der Waals surface area contributed by atoms with Gasteiger partial charge in [-0.2, -0.15) is 0 Å². The molecule has 2 aliphatic heterocycles. The summed E-state index contributed by atoms with van der Waals surface area (Å²) in [6.07, 6.45) is 1.46. The van der Waals surface area contributed by atoms with Crippen molar-refractivity contribution in [2.24, 2.45) is 5.41 Å². The molecule has 3 heterocycles. The number of aliphatic carboxylic acids is 3. The highest BCUT2D eigenvalue weighted by molar-refractivity contribution is 5.92. The van der Waals surface area contributed by atoms with Gasteiger partial charge < -0.3 is 50.5 Å². The number of carboxylic acids is 3. The van der Waals surface area contributed by atoms with Crippen molar-refractivity contribution in [3.8, 4) is 34.3 Å². The van der Waals surface area contributed by atoms with E-state index in [-0.39, 0.29) is 112 Å². The van der Waals surface area contributed by atoms with Crippen LogP contribution in [0.25, 0.3) is 17.1 Å². The first-order chi connectivity index (χ1) is 34.9. The van der Waals surface area contributed by atoms with Crippen molar-refractivity contribution < 1.29 is 63.8 Å². The Morgan fingerprint density at radius 2 is 1.22 bits per heavy atom. The van der Waals surface area contributed by atoms with E-state index >= 15 is 0 Å². The summed E-state index contributed by atoms with van der Waals surface area (Å²) in [5.74, 6) is -3.38. The first-order valence-electron chi connectivity index (χ1n) is 25.3. The molecule has 0 saturated carbocycles. The number of phenols is 2. The third kappa shape index (κ3) is 17.4. The van der Waals surface area contributed by atoms with E-state index in [0.717, 1.165) is 0 Å². The monoisotopic (exact) mass is 1040 g/mol. The van der Waals surface area contributed by atoms with Gasteiger partial charge in [0.1, 0.15) is 23.4 Å². The van der Waals surface area contributed by atoms with Gasteiger partial charge in [-0.15, -0.1) is 10.2 Å². The molecule has 0 aliphatic carbocycles. The van der Waals surface area contributed by atoms with Crippen molar-refractivity contribution in [2.45, 2.75) is 85.4 Å². The molecule has 0 unspecified atom stereocenters. The van der Waals surface area contributed by atoms with Crippen LogP contribution in [0, 0.1) is 5.41 Å². The number of aromatic hydroxyl groups is 2. The minimum absolute atomic E-state index is 0.00881. The molecule has 1 aromatic heterocycles. The van der Waals surface area contributed by atoms with Crippen molar-refractivity contribution in [3.63, 3.8) is 0 Å². The zero-order valence-corrected chi connectivity index (χ0v) is 43.8. The van der Waals surface area contributed by atoms with Crippen molar-refractivity contribution in [1.82, 2.24) is 49.9 Å². The van der Waals surface area contributed by atoms with E-state index in [9.17, 15) is 54.3 Å². The third-order valence-electron chi connectivity index (χ3n) is 13.2. The number of nitrogens with zero attached hydrogens (tertiary/aromatic N) is 8. The lowest BCUT2D eigenvalue weighted by atomic mass is 9.91. The Labute approximate surface area is 432 Å². The number of ether oxygens (including phenoxy) is 2. The molecule has 0 radical (unpaired) electrons. The summed E-state index contributed by atoms with van der Waals surface area (Å²) in [6, 6.07) is 10.0. The van der Waals surface area contributed by atoms with Crippen LogP contribution < -0.4 is 15.4 Å². The van der Waals surface area contributed by atoms with Gasteiger partial charge >= 0.3 is 17.9 Å². The van der Waals surface area contributed by atoms with E-state index in [0.29, 0.717) is 87.6 Å². The first-order valence-corrected chi connectivity index (χ1v) is 25.3. The number of hydrogen-bond acceptors (Lipinski definition) is 16. The summed E-state index contributed by atoms with van der Waals surface area (Å²) in [4.78, 5) is 83.9. The van der Waals surface area contributed by atoms with Gasteiger partial charge in [0.25, 0.3) is 5.91 Å². The normalized spacial score (nSPS) is 16.6. The Hall–Kier alpha value is -6.40. The predicted molar refractivity (Wildman–Crippen MR) is 273 cm³/mol. The number of nitrogens with one attached hydrogen (secondary N) is 2. The largest absolute Gasteiger partial charge is 0.508 e. The van der Waals surface area contributed by atoms with Crippen LogP contribution in [0.1, 0.15) is 89.8 Å². The molecule has 2 aliphatic rings. The molecule has 2 saturated heterocycles. The molecule has 0 spiro atoms. The minimum Gasteiger partial charge on any atom is -0.508 e. The molecule has 0 bridgehead atoms. The molecule has 23 nitrogen and oxygen atoms in total. The second-order valence-electron chi connectivity index (χ2n) is 20.5. The smallest absolute Gasteiger partial charge is 0.317 e. The van der Waals surface area contributed by atoms with Gasteiger partial charge in [0.05, 0.1) is 49.4 Å². The molecule has 74 heavy (non-hydrogen) atoms. The molecule has 7 N–H and O–H groups in total. The van der Waals surface area contributed by atoms with Gasteiger partial charge in [0, 0.05) is 103 Å². The fourth-order valence-electron chi connectivity index (χ4n) is 8.85. The van der Waals surface area contributed by atoms with Gasteiger partial charge in [0.15, 0.2) is 5.82 Å². The van der Waals surface area contributed by atoms with Crippen LogP contribution in [0.2, 0.25) is 0 Å². The lowest BCUT2D eigenvalue weighted by Crippen LogP contribution is -2.50. The molecular weight excluding hydrogens is 961 g/mol. The van der Waals surface area contributed by atoms with E-state index in [1.54, 1.807) is 56.5 Å². The van der Waals surface area contributed by atoms with Crippen LogP contribution in [0.15, 0.2) is 36.4 Å². The summed E-state index contributed by atoms with van der Waals surface area (Å²) in [7, 11) is 0. The number of amides is 3. The van der Waals surface area contributed by atoms with Crippen LogP contribution in [-0.4, -0.2) is 223 Å². The summed E-state index contributed by atoms with van der Waals surface area (Å²) in [6.45, 7) is 16.4. The van der Waals surface area contributed by atoms with E-state index in [2.05, 4.69) is 20.8 Å². The number of aromatic nitrogens is 3. The number of carbonyl (C=O) groups is 6. The summed E-state index contributed by atoms with van der Waals surface area (Å²) in [5.41, 5.74) is -0.121. The Morgan fingerprint density at radius 1 is 0.703 bits per heavy atom. The molecule has 3 amide bonds. The number of rotatable bonds is 22. The summed E-state index contributed by atoms with van der Waals surface area (Å²) < 4.78 is 14.2. The van der Waals surface area contributed by atoms with Crippen molar-refractivity contribution in [1.29, 1.82) is 0 Å². The van der Waals surface area contributed by atoms with Crippen LogP contribution in [0.5, 0.6) is 17.2 Å². The minimum atomic E-state index is -1.04. The molecule has 0 atom stereocenters. The zero-order chi connectivity index (χ0) is 54.3. The molecule has 2 fully saturated rings. The van der Waals surface area contributed by atoms with Crippen LogP contribution in [0.4, 0.5) is 0 Å². The Bertz CT molecular complexity index is 2370. The van der Waals surface area contributed by atoms with Gasteiger partial charge in [-0.1, -0.05) is 13.8 Å². The van der Waals surface area contributed by atoms with Crippen LogP contribution in [-0.2, 0) is 28.7 Å². The molecular formula is C51H76N10O13. The maximum Gasteiger partial charge on any atom is 0.317 e. The quantitative estimate of drug-likeness (QED) is 0.0760. The second-order valence-corrected chi connectivity index (χ2v) is 20.5. The standard InChI is InChI=1S/C51H76N10O13/c1-8-52-48(71)47-55-54-46(39-27-38(34(2)3)40(62)28-41(39)63)61(47)35-9-11-36(12-10-35)74-37-13-17-60(18-14-37)49(72)50(4,5)33-73-51(6,7)15-16-53-42(64)29-56-19-21-57(30-43(65)66)23-25-59(32-45(69)70)26-24-58(22-20-56)31-44(67)68/h9-12,27-28,34,37,62-63H,8,13-26,29-33H2,1-7H3,(H,52,71)(H,53,64)(H,65,66)(H,67,68)(H,69,70). The third-order valence-corrected chi connectivity index (χ3v) is 13.2. The molecule has 408 valence electrons. The Morgan fingerprint density at radius 3 is 1.70 bits per heavy atom. The average molecular weight is 1040 g/mol. The Balaban J connectivity index is 1.11. The Kier molecular flexibility index (Phi) is 21.1. The number of phenolic OH excluding ortho intramolecular Hbond substituents is 2. The number of carbonyl (C=O) groups excluding carboxylic acids is 3. The highest BCUT2D eigenvalue weighted by Crippen LogP contribution is 2.38. The lowest BCUT2D eigenvalue weighted by Gasteiger charge is -2.38.